The van der Waals surface area contributed by atoms with Crippen LogP contribution in [0.25, 0.3) is 0 Å². The monoisotopic (exact) mass is 295 g/mol. The third kappa shape index (κ3) is 9.32. The number of rotatable bonds is 12. The summed E-state index contributed by atoms with van der Waals surface area (Å²) in [6, 6.07) is 7.13. The summed E-state index contributed by atoms with van der Waals surface area (Å²) >= 11 is 0. The van der Waals surface area contributed by atoms with Crippen molar-refractivity contribution in [1.82, 2.24) is 0 Å². The van der Waals surface area contributed by atoms with Crippen LogP contribution < -0.4 is 10.5 Å². The molecule has 0 bridgehead atoms. The van der Waals surface area contributed by atoms with Crippen LogP contribution in [0.5, 0.6) is 5.75 Å². The summed E-state index contributed by atoms with van der Waals surface area (Å²) in [6.07, 6.45) is 6.86. The Morgan fingerprint density at radius 3 is 2.38 bits per heavy atom. The molecule has 0 heterocycles. The van der Waals surface area contributed by atoms with E-state index in [1.165, 1.54) is 32.1 Å². The van der Waals surface area contributed by atoms with E-state index in [1.807, 2.05) is 0 Å². The van der Waals surface area contributed by atoms with Crippen LogP contribution in [0.1, 0.15) is 45.4 Å². The lowest BCUT2D eigenvalue weighted by atomic mass is 10.1. The molecule has 0 radical (unpaired) electrons. The standard InChI is InChI=1S/C17H29NO3/c1-2-3-4-5-6-7-12-20-13-16(19)14-21-17-10-8-15(18)9-11-17/h8-11,16,19H,2-7,12-14,18H2,1H3. The minimum absolute atomic E-state index is 0.237. The number of aliphatic hydroxyl groups excluding tert-OH is 1. The molecule has 0 aliphatic carbocycles. The zero-order chi connectivity index (χ0) is 15.3. The van der Waals surface area contributed by atoms with Crippen molar-refractivity contribution in [2.45, 2.75) is 51.6 Å². The highest BCUT2D eigenvalue weighted by atomic mass is 16.5. The summed E-state index contributed by atoms with van der Waals surface area (Å²) < 4.78 is 10.9. The Kier molecular flexibility index (Phi) is 9.66. The lowest BCUT2D eigenvalue weighted by Crippen LogP contribution is -2.23. The molecule has 1 unspecified atom stereocenters. The molecule has 0 aliphatic heterocycles. The van der Waals surface area contributed by atoms with E-state index in [4.69, 9.17) is 15.2 Å². The lowest BCUT2D eigenvalue weighted by Gasteiger charge is -2.13. The topological polar surface area (TPSA) is 64.7 Å². The van der Waals surface area contributed by atoms with Crippen molar-refractivity contribution in [2.75, 3.05) is 25.6 Å². The van der Waals surface area contributed by atoms with Crippen molar-refractivity contribution in [3.8, 4) is 5.75 Å². The van der Waals surface area contributed by atoms with Crippen LogP contribution in [0.3, 0.4) is 0 Å². The fraction of sp³-hybridized carbons (Fsp3) is 0.647. The molecule has 4 nitrogen and oxygen atoms in total. The molecular weight excluding hydrogens is 266 g/mol. The minimum Gasteiger partial charge on any atom is -0.491 e. The molecule has 0 aromatic heterocycles. The van der Waals surface area contributed by atoms with Gasteiger partial charge in [-0.2, -0.15) is 0 Å². The molecule has 1 rings (SSSR count). The molecule has 4 heteroatoms. The van der Waals surface area contributed by atoms with Crippen molar-refractivity contribution in [2.24, 2.45) is 0 Å². The maximum atomic E-state index is 9.76. The van der Waals surface area contributed by atoms with E-state index in [-0.39, 0.29) is 6.61 Å². The number of nitrogen functional groups attached to an aromatic ring is 1. The van der Waals surface area contributed by atoms with Crippen LogP contribution in [0.4, 0.5) is 5.69 Å². The van der Waals surface area contributed by atoms with Crippen LogP contribution in [0.2, 0.25) is 0 Å². The third-order valence-corrected chi connectivity index (χ3v) is 3.27. The van der Waals surface area contributed by atoms with Gasteiger partial charge in [0, 0.05) is 12.3 Å². The van der Waals surface area contributed by atoms with Crippen molar-refractivity contribution < 1.29 is 14.6 Å². The molecule has 1 aromatic rings. The number of hydrogen-bond acceptors (Lipinski definition) is 4. The fourth-order valence-corrected chi connectivity index (χ4v) is 2.01. The second-order valence-electron chi connectivity index (χ2n) is 5.38. The highest BCUT2D eigenvalue weighted by Crippen LogP contribution is 2.13. The first-order valence-electron chi connectivity index (χ1n) is 7.96. The van der Waals surface area contributed by atoms with E-state index in [0.29, 0.717) is 24.7 Å². The summed E-state index contributed by atoms with van der Waals surface area (Å²) in [5.41, 5.74) is 6.29. The molecule has 0 fully saturated rings. The Morgan fingerprint density at radius 1 is 1.00 bits per heavy atom. The van der Waals surface area contributed by atoms with Crippen LogP contribution >= 0.6 is 0 Å². The van der Waals surface area contributed by atoms with Gasteiger partial charge in [0.25, 0.3) is 0 Å². The number of benzene rings is 1. The second-order valence-corrected chi connectivity index (χ2v) is 5.38. The number of ether oxygens (including phenoxy) is 2. The summed E-state index contributed by atoms with van der Waals surface area (Å²) in [5.74, 6) is 0.708. The van der Waals surface area contributed by atoms with Crippen LogP contribution in [-0.4, -0.2) is 31.0 Å². The lowest BCUT2D eigenvalue weighted by molar-refractivity contribution is 0.0110. The van der Waals surface area contributed by atoms with Crippen LogP contribution in [0.15, 0.2) is 24.3 Å². The predicted octanol–water partition coefficient (Wildman–Crippen LogP) is 3.39. The molecule has 3 N–H and O–H groups in total. The second kappa shape index (κ2) is 11.4. The van der Waals surface area contributed by atoms with E-state index in [9.17, 15) is 5.11 Å². The molecule has 1 aromatic carbocycles. The number of anilines is 1. The molecule has 21 heavy (non-hydrogen) atoms. The summed E-state index contributed by atoms with van der Waals surface area (Å²) in [4.78, 5) is 0. The summed E-state index contributed by atoms with van der Waals surface area (Å²) in [6.45, 7) is 3.49. The maximum Gasteiger partial charge on any atom is 0.119 e. The van der Waals surface area contributed by atoms with E-state index >= 15 is 0 Å². The van der Waals surface area contributed by atoms with Gasteiger partial charge in [-0.3, -0.25) is 0 Å². The summed E-state index contributed by atoms with van der Waals surface area (Å²) in [5, 5.41) is 9.76. The molecule has 0 spiro atoms. The Morgan fingerprint density at radius 2 is 1.67 bits per heavy atom. The van der Waals surface area contributed by atoms with Gasteiger partial charge in [0.05, 0.1) is 6.61 Å². The van der Waals surface area contributed by atoms with Gasteiger partial charge in [-0.05, 0) is 30.7 Å². The van der Waals surface area contributed by atoms with Gasteiger partial charge in [-0.15, -0.1) is 0 Å². The molecule has 120 valence electrons. The SMILES string of the molecule is CCCCCCCCOCC(O)COc1ccc(N)cc1. The first-order chi connectivity index (χ1) is 10.2. The number of hydrogen-bond donors (Lipinski definition) is 2. The van der Waals surface area contributed by atoms with Gasteiger partial charge in [-0.25, -0.2) is 0 Å². The molecule has 0 saturated heterocycles. The van der Waals surface area contributed by atoms with Gasteiger partial charge >= 0.3 is 0 Å². The summed E-state index contributed by atoms with van der Waals surface area (Å²) in [7, 11) is 0. The normalized spacial score (nSPS) is 12.3. The Balaban J connectivity index is 1.96. The van der Waals surface area contributed by atoms with Crippen molar-refractivity contribution in [1.29, 1.82) is 0 Å². The van der Waals surface area contributed by atoms with Crippen LogP contribution in [-0.2, 0) is 4.74 Å². The van der Waals surface area contributed by atoms with Crippen molar-refractivity contribution >= 4 is 5.69 Å². The largest absolute Gasteiger partial charge is 0.491 e. The Bertz CT molecular complexity index is 354. The number of unbranched alkanes of at least 4 members (excludes halogenated alkanes) is 5. The van der Waals surface area contributed by atoms with E-state index < -0.39 is 6.10 Å². The minimum atomic E-state index is -0.595. The molecule has 0 saturated carbocycles. The predicted molar refractivity (Wildman–Crippen MR) is 86.6 cm³/mol. The Labute approximate surface area is 128 Å². The van der Waals surface area contributed by atoms with E-state index in [1.54, 1.807) is 24.3 Å². The number of aliphatic hydroxyl groups is 1. The maximum absolute atomic E-state index is 9.76. The zero-order valence-corrected chi connectivity index (χ0v) is 13.1. The highest BCUT2D eigenvalue weighted by molar-refractivity contribution is 5.41. The van der Waals surface area contributed by atoms with Gasteiger partial charge in [0.2, 0.25) is 0 Å². The van der Waals surface area contributed by atoms with Gasteiger partial charge in [-0.1, -0.05) is 39.0 Å². The number of nitrogens with two attached hydrogens (primary N) is 1. The van der Waals surface area contributed by atoms with Gasteiger partial charge in [0.1, 0.15) is 18.5 Å². The molecule has 0 amide bonds. The zero-order valence-electron chi connectivity index (χ0n) is 13.1. The van der Waals surface area contributed by atoms with Crippen LogP contribution in [0, 0.1) is 0 Å². The van der Waals surface area contributed by atoms with Crippen molar-refractivity contribution in [3.05, 3.63) is 24.3 Å². The quantitative estimate of drug-likeness (QED) is 0.458. The van der Waals surface area contributed by atoms with E-state index in [0.717, 1.165) is 6.42 Å². The fourth-order valence-electron chi connectivity index (χ4n) is 2.01. The van der Waals surface area contributed by atoms with Gasteiger partial charge < -0.3 is 20.3 Å². The first-order valence-corrected chi connectivity index (χ1v) is 7.96. The first kappa shape index (κ1) is 17.8. The molecule has 0 aliphatic rings. The van der Waals surface area contributed by atoms with Gasteiger partial charge in [0.15, 0.2) is 0 Å². The third-order valence-electron chi connectivity index (χ3n) is 3.27. The molecular formula is C17H29NO3. The smallest absolute Gasteiger partial charge is 0.119 e. The molecule has 1 atom stereocenters. The van der Waals surface area contributed by atoms with Crippen molar-refractivity contribution in [3.63, 3.8) is 0 Å². The van der Waals surface area contributed by atoms with E-state index in [2.05, 4.69) is 6.92 Å². The Hall–Kier alpha value is -1.26. The average Bonchev–Trinajstić information content (AvgIpc) is 2.49. The average molecular weight is 295 g/mol. The highest BCUT2D eigenvalue weighted by Gasteiger charge is 2.05.